The largest absolute Gasteiger partial charge is 0.419 e. The van der Waals surface area contributed by atoms with Crippen LogP contribution in [0.25, 0.3) is 22.3 Å². The first-order valence-electron chi connectivity index (χ1n) is 8.01. The van der Waals surface area contributed by atoms with Gasteiger partial charge in [0.2, 0.25) is 0 Å². The Balaban J connectivity index is 2.15. The van der Waals surface area contributed by atoms with Crippen LogP contribution in [0.2, 0.25) is 0 Å². The van der Waals surface area contributed by atoms with Crippen LogP contribution in [0.15, 0.2) is 60.7 Å². The van der Waals surface area contributed by atoms with Crippen molar-refractivity contribution in [1.82, 2.24) is 0 Å². The van der Waals surface area contributed by atoms with E-state index in [0.717, 1.165) is 17.7 Å². The van der Waals surface area contributed by atoms with Crippen molar-refractivity contribution in [2.24, 2.45) is 0 Å². The lowest BCUT2D eigenvalue weighted by Crippen LogP contribution is -2.20. The summed E-state index contributed by atoms with van der Waals surface area (Å²) in [5.41, 5.74) is 7.63. The Kier molecular flexibility index (Phi) is 4.74. The Labute approximate surface area is 156 Å². The van der Waals surface area contributed by atoms with Gasteiger partial charge in [-0.3, -0.25) is 0 Å². The van der Waals surface area contributed by atoms with E-state index in [4.69, 9.17) is 11.5 Å². The van der Waals surface area contributed by atoms with Crippen molar-refractivity contribution in [2.45, 2.75) is 12.4 Å². The van der Waals surface area contributed by atoms with E-state index in [1.165, 1.54) is 24.3 Å². The molecule has 0 aromatic heterocycles. The van der Waals surface area contributed by atoms with Crippen molar-refractivity contribution in [3.05, 3.63) is 71.8 Å². The molecule has 8 heteroatoms. The molecule has 2 nitrogen and oxygen atoms in total. The van der Waals surface area contributed by atoms with Gasteiger partial charge >= 0.3 is 12.4 Å². The second-order valence-electron chi connectivity index (χ2n) is 6.15. The minimum Gasteiger partial charge on any atom is -0.399 e. The summed E-state index contributed by atoms with van der Waals surface area (Å²) >= 11 is 0. The first-order valence-corrected chi connectivity index (χ1v) is 8.01. The number of nitrogen functional groups attached to an aromatic ring is 2. The lowest BCUT2D eigenvalue weighted by Gasteiger charge is -2.21. The zero-order valence-electron chi connectivity index (χ0n) is 14.2. The van der Waals surface area contributed by atoms with E-state index in [9.17, 15) is 26.3 Å². The van der Waals surface area contributed by atoms with Crippen LogP contribution in [0.4, 0.5) is 37.7 Å². The predicted molar refractivity (Wildman–Crippen MR) is 96.1 cm³/mol. The second-order valence-corrected chi connectivity index (χ2v) is 6.15. The summed E-state index contributed by atoms with van der Waals surface area (Å²) in [6.07, 6.45) is -10.5. The van der Waals surface area contributed by atoms with E-state index in [-0.39, 0.29) is 5.56 Å². The molecular weight excluding hydrogens is 382 g/mol. The summed E-state index contributed by atoms with van der Waals surface area (Å²) in [5.74, 6) is 0. The van der Waals surface area contributed by atoms with Crippen molar-refractivity contribution in [1.29, 1.82) is 0 Å². The Hall–Kier alpha value is -3.16. The maximum atomic E-state index is 13.5. The number of anilines is 2. The van der Waals surface area contributed by atoms with Crippen LogP contribution in [-0.2, 0) is 12.4 Å². The van der Waals surface area contributed by atoms with Crippen molar-refractivity contribution < 1.29 is 26.3 Å². The Morgan fingerprint density at radius 2 is 0.929 bits per heavy atom. The maximum Gasteiger partial charge on any atom is 0.419 e. The van der Waals surface area contributed by atoms with Crippen LogP contribution in [-0.4, -0.2) is 0 Å². The lowest BCUT2D eigenvalue weighted by atomic mass is 9.92. The minimum absolute atomic E-state index is 0.00276. The zero-order chi connectivity index (χ0) is 20.7. The van der Waals surface area contributed by atoms with Crippen LogP contribution in [0.1, 0.15) is 11.1 Å². The molecule has 3 aromatic carbocycles. The van der Waals surface area contributed by atoms with Crippen LogP contribution in [0.3, 0.4) is 0 Å². The highest BCUT2D eigenvalue weighted by Crippen LogP contribution is 2.47. The van der Waals surface area contributed by atoms with Crippen LogP contribution < -0.4 is 11.5 Å². The van der Waals surface area contributed by atoms with Gasteiger partial charge in [-0.25, -0.2) is 0 Å². The Bertz CT molecular complexity index is 987. The van der Waals surface area contributed by atoms with Gasteiger partial charge in [-0.2, -0.15) is 26.3 Å². The molecule has 0 unspecified atom stereocenters. The Morgan fingerprint density at radius 1 is 0.500 bits per heavy atom. The first kappa shape index (κ1) is 19.6. The summed E-state index contributed by atoms with van der Waals surface area (Å²) in [5, 5.41) is 0. The highest BCUT2D eigenvalue weighted by molar-refractivity contribution is 5.76. The molecule has 0 aliphatic heterocycles. The molecule has 0 bridgehead atoms. The lowest BCUT2D eigenvalue weighted by molar-refractivity contribution is -0.161. The zero-order valence-corrected chi connectivity index (χ0v) is 14.2. The molecule has 3 aromatic rings. The third kappa shape index (κ3) is 3.76. The molecule has 0 atom stereocenters. The third-order valence-electron chi connectivity index (χ3n) is 4.24. The normalized spacial score (nSPS) is 12.2. The van der Waals surface area contributed by atoms with Crippen LogP contribution in [0, 0.1) is 0 Å². The van der Waals surface area contributed by atoms with E-state index in [1.807, 2.05) is 0 Å². The van der Waals surface area contributed by atoms with Crippen LogP contribution in [0.5, 0.6) is 0 Å². The molecular formula is C20H14F6N2. The van der Waals surface area contributed by atoms with E-state index in [1.54, 1.807) is 24.3 Å². The van der Waals surface area contributed by atoms with Gasteiger partial charge in [-0.1, -0.05) is 42.5 Å². The summed E-state index contributed by atoms with van der Waals surface area (Å²) in [7, 11) is 0. The highest BCUT2D eigenvalue weighted by atomic mass is 19.4. The predicted octanol–water partition coefficient (Wildman–Crippen LogP) is 6.22. The van der Waals surface area contributed by atoms with Gasteiger partial charge in [0.1, 0.15) is 0 Å². The topological polar surface area (TPSA) is 52.0 Å². The molecule has 146 valence electrons. The monoisotopic (exact) mass is 396 g/mol. The molecule has 0 radical (unpaired) electrons. The fourth-order valence-electron chi connectivity index (χ4n) is 2.98. The van der Waals surface area contributed by atoms with Crippen molar-refractivity contribution >= 4 is 11.4 Å². The van der Waals surface area contributed by atoms with E-state index in [2.05, 4.69) is 0 Å². The smallest absolute Gasteiger partial charge is 0.399 e. The fraction of sp³-hybridized carbons (Fsp3) is 0.100. The average Bonchev–Trinajstić information content (AvgIpc) is 2.60. The van der Waals surface area contributed by atoms with Gasteiger partial charge in [-0.05, 0) is 40.5 Å². The maximum absolute atomic E-state index is 13.5. The number of rotatable bonds is 2. The second kappa shape index (κ2) is 6.78. The van der Waals surface area contributed by atoms with E-state index in [0.29, 0.717) is 11.3 Å². The molecule has 0 saturated carbocycles. The number of alkyl halides is 6. The van der Waals surface area contributed by atoms with E-state index < -0.39 is 34.7 Å². The number of benzene rings is 3. The number of hydrogen-bond donors (Lipinski definition) is 2. The van der Waals surface area contributed by atoms with E-state index >= 15 is 0 Å². The minimum atomic E-state index is -5.24. The van der Waals surface area contributed by atoms with Crippen molar-refractivity contribution in [3.63, 3.8) is 0 Å². The Morgan fingerprint density at radius 3 is 1.39 bits per heavy atom. The molecule has 4 N–H and O–H groups in total. The molecule has 28 heavy (non-hydrogen) atoms. The molecule has 0 spiro atoms. The fourth-order valence-corrected chi connectivity index (χ4v) is 2.98. The summed E-state index contributed by atoms with van der Waals surface area (Å²) in [6, 6.07) is 14.3. The molecule has 3 rings (SSSR count). The van der Waals surface area contributed by atoms with Crippen molar-refractivity contribution in [3.8, 4) is 22.3 Å². The number of halogens is 6. The van der Waals surface area contributed by atoms with Crippen LogP contribution >= 0.6 is 0 Å². The molecule has 0 heterocycles. The van der Waals surface area contributed by atoms with Gasteiger partial charge in [0, 0.05) is 11.4 Å². The standard InChI is InChI=1S/C20H14F6N2/c21-19(22,23)17-15(9-10-16(28)18(17)20(24,25)26)13-3-1-11(2-4-13)12-5-7-14(27)8-6-12/h1-10H,27-28H2. The molecule has 0 aliphatic rings. The summed E-state index contributed by atoms with van der Waals surface area (Å²) < 4.78 is 80.3. The van der Waals surface area contributed by atoms with Gasteiger partial charge in [0.05, 0.1) is 11.1 Å². The SMILES string of the molecule is Nc1ccc(-c2ccc(-c3ccc(N)c(C(F)(F)F)c3C(F)(F)F)cc2)cc1. The number of hydrogen-bond acceptors (Lipinski definition) is 2. The number of nitrogens with two attached hydrogens (primary N) is 2. The summed E-state index contributed by atoms with van der Waals surface area (Å²) in [6.45, 7) is 0. The molecule has 0 saturated heterocycles. The average molecular weight is 396 g/mol. The van der Waals surface area contributed by atoms with Gasteiger partial charge in [0.25, 0.3) is 0 Å². The summed E-state index contributed by atoms with van der Waals surface area (Å²) in [4.78, 5) is 0. The molecule has 0 amide bonds. The highest BCUT2D eigenvalue weighted by Gasteiger charge is 2.46. The van der Waals surface area contributed by atoms with Crippen molar-refractivity contribution in [2.75, 3.05) is 11.5 Å². The first-order chi connectivity index (χ1) is 13.0. The molecule has 0 aliphatic carbocycles. The quantitative estimate of drug-likeness (QED) is 0.399. The third-order valence-corrected chi connectivity index (χ3v) is 4.24. The van der Waals surface area contributed by atoms with Gasteiger partial charge in [-0.15, -0.1) is 0 Å². The van der Waals surface area contributed by atoms with Gasteiger partial charge < -0.3 is 11.5 Å². The van der Waals surface area contributed by atoms with Gasteiger partial charge in [0.15, 0.2) is 0 Å². The molecule has 0 fully saturated rings.